The molecule has 0 aliphatic carbocycles. The third-order valence-corrected chi connectivity index (χ3v) is 6.05. The van der Waals surface area contributed by atoms with E-state index in [1.807, 2.05) is 60.4 Å². The lowest BCUT2D eigenvalue weighted by molar-refractivity contribution is 0.0945. The van der Waals surface area contributed by atoms with E-state index in [-0.39, 0.29) is 5.91 Å². The van der Waals surface area contributed by atoms with Crippen LogP contribution in [0.15, 0.2) is 97.7 Å². The summed E-state index contributed by atoms with van der Waals surface area (Å²) in [5.74, 6) is 0.464. The number of nitrogens with one attached hydrogen (secondary N) is 1. The lowest BCUT2D eigenvalue weighted by Gasteiger charge is -2.12. The van der Waals surface area contributed by atoms with Crippen LogP contribution in [0.5, 0.6) is 5.75 Å². The van der Waals surface area contributed by atoms with Crippen molar-refractivity contribution in [2.45, 2.75) is 20.0 Å². The van der Waals surface area contributed by atoms with Crippen LogP contribution in [-0.4, -0.2) is 32.3 Å². The highest BCUT2D eigenvalue weighted by molar-refractivity contribution is 5.92. The van der Waals surface area contributed by atoms with Crippen molar-refractivity contribution in [2.24, 2.45) is 0 Å². The molecule has 1 amide bonds. The molecule has 1 N–H and O–H groups in total. The molecule has 7 heteroatoms. The van der Waals surface area contributed by atoms with Crippen molar-refractivity contribution in [3.63, 3.8) is 0 Å². The molecule has 0 aliphatic rings. The van der Waals surface area contributed by atoms with Crippen molar-refractivity contribution in [2.75, 3.05) is 7.11 Å². The third kappa shape index (κ3) is 5.05. The van der Waals surface area contributed by atoms with Crippen molar-refractivity contribution < 1.29 is 9.53 Å². The van der Waals surface area contributed by atoms with Gasteiger partial charge < -0.3 is 14.6 Å². The summed E-state index contributed by atoms with van der Waals surface area (Å²) in [6.45, 7) is 3.18. The summed E-state index contributed by atoms with van der Waals surface area (Å²) in [7, 11) is 1.62. The van der Waals surface area contributed by atoms with E-state index in [2.05, 4.69) is 45.7 Å². The van der Waals surface area contributed by atoms with Crippen LogP contribution in [0.4, 0.5) is 0 Å². The molecule has 0 unspecified atom stereocenters. The largest absolute Gasteiger partial charge is 0.494 e. The van der Waals surface area contributed by atoms with Crippen molar-refractivity contribution >= 4 is 5.91 Å². The topological polar surface area (TPSA) is 74.0 Å². The minimum atomic E-state index is -0.231. The number of aromatic nitrogens is 4. The standard InChI is InChI=1S/C29H27N5O2/c1-21-7-12-28(36-2)27(17-21)34-15-13-26(32-34)29(35)31-18-24-5-3-4-6-25(24)23-10-8-22(9-11-23)19-33-16-14-30-20-33/h3-17,20H,18-19H2,1-2H3,(H,31,35). The molecule has 0 radical (unpaired) electrons. The first-order valence-corrected chi connectivity index (χ1v) is 11.7. The normalized spacial score (nSPS) is 10.8. The summed E-state index contributed by atoms with van der Waals surface area (Å²) in [6, 6.07) is 24.1. The van der Waals surface area contributed by atoms with Crippen LogP contribution in [0.25, 0.3) is 16.8 Å². The number of methoxy groups -OCH3 is 1. The number of aryl methyl sites for hydroxylation is 1. The number of ether oxygens (including phenoxy) is 1. The molecule has 5 rings (SSSR count). The van der Waals surface area contributed by atoms with Gasteiger partial charge in [-0.3, -0.25) is 4.79 Å². The highest BCUT2D eigenvalue weighted by atomic mass is 16.5. The molecule has 0 aliphatic heterocycles. The molecule has 7 nitrogen and oxygen atoms in total. The molecule has 0 saturated carbocycles. The zero-order chi connectivity index (χ0) is 24.9. The number of amides is 1. The predicted molar refractivity (Wildman–Crippen MR) is 139 cm³/mol. The fourth-order valence-electron chi connectivity index (χ4n) is 4.16. The molecule has 2 heterocycles. The first-order chi connectivity index (χ1) is 17.6. The van der Waals surface area contributed by atoms with E-state index in [1.54, 1.807) is 30.3 Å². The average molecular weight is 478 g/mol. The van der Waals surface area contributed by atoms with E-state index >= 15 is 0 Å². The Labute approximate surface area is 210 Å². The van der Waals surface area contributed by atoms with Crippen LogP contribution < -0.4 is 10.1 Å². The Hall–Kier alpha value is -4.65. The van der Waals surface area contributed by atoms with Gasteiger partial charge in [0.15, 0.2) is 5.69 Å². The predicted octanol–water partition coefficient (Wildman–Crippen LogP) is 5.03. The lowest BCUT2D eigenvalue weighted by atomic mass is 9.98. The van der Waals surface area contributed by atoms with Crippen LogP contribution in [0, 0.1) is 6.92 Å². The van der Waals surface area contributed by atoms with Gasteiger partial charge in [-0.15, -0.1) is 0 Å². The molecule has 0 fully saturated rings. The second-order valence-electron chi connectivity index (χ2n) is 8.59. The monoisotopic (exact) mass is 477 g/mol. The molecular formula is C29H27N5O2. The number of imidazole rings is 1. The zero-order valence-corrected chi connectivity index (χ0v) is 20.3. The highest BCUT2D eigenvalue weighted by Crippen LogP contribution is 2.25. The summed E-state index contributed by atoms with van der Waals surface area (Å²) in [5, 5.41) is 7.50. The molecule has 5 aromatic rings. The molecule has 0 bridgehead atoms. The first kappa shape index (κ1) is 23.1. The van der Waals surface area contributed by atoms with Gasteiger partial charge in [0.25, 0.3) is 5.91 Å². The average Bonchev–Trinajstić information content (AvgIpc) is 3.61. The summed E-state index contributed by atoms with van der Waals surface area (Å²) in [5.41, 5.74) is 6.64. The van der Waals surface area contributed by atoms with Gasteiger partial charge in [-0.1, -0.05) is 54.6 Å². The third-order valence-electron chi connectivity index (χ3n) is 6.05. The molecule has 36 heavy (non-hydrogen) atoms. The Kier molecular flexibility index (Phi) is 6.62. The van der Waals surface area contributed by atoms with Crippen LogP contribution >= 0.6 is 0 Å². The Morgan fingerprint density at radius 3 is 2.61 bits per heavy atom. The van der Waals surface area contributed by atoms with E-state index in [4.69, 9.17) is 4.74 Å². The minimum Gasteiger partial charge on any atom is -0.494 e. The van der Waals surface area contributed by atoms with E-state index in [9.17, 15) is 4.79 Å². The number of carbonyl (C=O) groups is 1. The summed E-state index contributed by atoms with van der Waals surface area (Å²) >= 11 is 0. The number of rotatable bonds is 8. The lowest BCUT2D eigenvalue weighted by Crippen LogP contribution is -2.23. The van der Waals surface area contributed by atoms with Gasteiger partial charge in [-0.2, -0.15) is 5.10 Å². The number of benzene rings is 3. The molecule has 0 atom stereocenters. The van der Waals surface area contributed by atoms with Gasteiger partial charge in [0.2, 0.25) is 0 Å². The maximum atomic E-state index is 12.9. The maximum Gasteiger partial charge on any atom is 0.272 e. The van der Waals surface area contributed by atoms with Gasteiger partial charge in [-0.25, -0.2) is 9.67 Å². The van der Waals surface area contributed by atoms with Gasteiger partial charge >= 0.3 is 0 Å². The molecular weight excluding hydrogens is 450 g/mol. The van der Waals surface area contributed by atoms with Gasteiger partial charge in [0.05, 0.1) is 13.4 Å². The van der Waals surface area contributed by atoms with Crippen LogP contribution in [0.3, 0.4) is 0 Å². The second kappa shape index (κ2) is 10.3. The summed E-state index contributed by atoms with van der Waals surface area (Å²) in [4.78, 5) is 17.0. The van der Waals surface area contributed by atoms with E-state index < -0.39 is 0 Å². The molecule has 0 saturated heterocycles. The molecule has 3 aromatic carbocycles. The minimum absolute atomic E-state index is 0.231. The highest BCUT2D eigenvalue weighted by Gasteiger charge is 2.14. The van der Waals surface area contributed by atoms with Crippen molar-refractivity contribution in [1.29, 1.82) is 0 Å². The zero-order valence-electron chi connectivity index (χ0n) is 20.3. The Morgan fingerprint density at radius 2 is 1.83 bits per heavy atom. The fourth-order valence-corrected chi connectivity index (χ4v) is 4.16. The molecule has 2 aromatic heterocycles. The van der Waals surface area contributed by atoms with Crippen molar-refractivity contribution in [3.8, 4) is 22.6 Å². The van der Waals surface area contributed by atoms with Gasteiger partial charge in [0.1, 0.15) is 11.4 Å². The van der Waals surface area contributed by atoms with E-state index in [1.165, 1.54) is 5.56 Å². The first-order valence-electron chi connectivity index (χ1n) is 11.7. The maximum absolute atomic E-state index is 12.9. The fraction of sp³-hybridized carbons (Fsp3) is 0.138. The number of hydrogen-bond acceptors (Lipinski definition) is 4. The van der Waals surface area contributed by atoms with Crippen molar-refractivity contribution in [3.05, 3.63) is 120 Å². The SMILES string of the molecule is COc1ccc(C)cc1-n1ccc(C(=O)NCc2ccccc2-c2ccc(Cn3ccnc3)cc2)n1. The Morgan fingerprint density at radius 1 is 1.00 bits per heavy atom. The quantitative estimate of drug-likeness (QED) is 0.340. The van der Waals surface area contributed by atoms with Crippen LogP contribution in [0.2, 0.25) is 0 Å². The van der Waals surface area contributed by atoms with Crippen LogP contribution in [0.1, 0.15) is 27.2 Å². The molecule has 180 valence electrons. The summed E-state index contributed by atoms with van der Waals surface area (Å²) < 4.78 is 9.16. The van der Waals surface area contributed by atoms with Crippen molar-refractivity contribution in [1.82, 2.24) is 24.6 Å². The van der Waals surface area contributed by atoms with Gasteiger partial charge in [-0.05, 0) is 52.9 Å². The number of nitrogens with zero attached hydrogens (tertiary/aromatic N) is 4. The Bertz CT molecular complexity index is 1470. The summed E-state index contributed by atoms with van der Waals surface area (Å²) in [6.07, 6.45) is 7.31. The Balaban J connectivity index is 1.29. The second-order valence-corrected chi connectivity index (χ2v) is 8.59. The number of hydrogen-bond donors (Lipinski definition) is 1. The van der Waals surface area contributed by atoms with Crippen LogP contribution in [-0.2, 0) is 13.1 Å². The van der Waals surface area contributed by atoms with E-state index in [0.29, 0.717) is 18.0 Å². The smallest absolute Gasteiger partial charge is 0.272 e. The number of carbonyl (C=O) groups excluding carboxylic acids is 1. The van der Waals surface area contributed by atoms with Gasteiger partial charge in [0, 0.05) is 31.7 Å². The van der Waals surface area contributed by atoms with E-state index in [0.717, 1.165) is 34.5 Å². The molecule has 0 spiro atoms.